The van der Waals surface area contributed by atoms with E-state index in [1.54, 1.807) is 18.2 Å². The van der Waals surface area contributed by atoms with Crippen LogP contribution in [0.5, 0.6) is 11.5 Å². The minimum Gasteiger partial charge on any atom is -0.508 e. The van der Waals surface area contributed by atoms with E-state index in [9.17, 15) is 5.11 Å². The molecule has 2 aromatic rings. The summed E-state index contributed by atoms with van der Waals surface area (Å²) >= 11 is 11.1. The van der Waals surface area contributed by atoms with E-state index in [0.29, 0.717) is 6.61 Å². The van der Waals surface area contributed by atoms with Crippen molar-refractivity contribution in [1.29, 1.82) is 0 Å². The number of aromatic hydroxyl groups is 1. The third kappa shape index (κ3) is 4.19. The lowest BCUT2D eigenvalue weighted by Gasteiger charge is -2.26. The summed E-state index contributed by atoms with van der Waals surface area (Å²) in [6.45, 7) is 4.62. The first kappa shape index (κ1) is 16.7. The van der Waals surface area contributed by atoms with Gasteiger partial charge in [-0.3, -0.25) is 0 Å². The van der Waals surface area contributed by atoms with Gasteiger partial charge in [0.2, 0.25) is 0 Å². The summed E-state index contributed by atoms with van der Waals surface area (Å²) in [6, 6.07) is 15.2. The molecular weight excluding hydrogens is 319 g/mol. The van der Waals surface area contributed by atoms with Crippen molar-refractivity contribution in [3.8, 4) is 11.5 Å². The van der Waals surface area contributed by atoms with Crippen LogP contribution in [0.1, 0.15) is 25.0 Å². The van der Waals surface area contributed by atoms with Gasteiger partial charge in [-0.25, -0.2) is 0 Å². The first-order valence-corrected chi connectivity index (χ1v) is 7.69. The average Bonchev–Trinajstić information content (AvgIpc) is 2.48. The van der Waals surface area contributed by atoms with E-state index in [-0.39, 0.29) is 15.7 Å². The Balaban J connectivity index is 2.14. The van der Waals surface area contributed by atoms with Crippen molar-refractivity contribution in [1.82, 2.24) is 0 Å². The van der Waals surface area contributed by atoms with Crippen molar-refractivity contribution in [2.45, 2.75) is 19.3 Å². The molecule has 4 heteroatoms. The minimum absolute atomic E-state index is 0.161. The molecule has 2 rings (SSSR count). The van der Waals surface area contributed by atoms with Crippen LogP contribution in [0, 0.1) is 0 Å². The molecule has 0 aliphatic carbocycles. The van der Waals surface area contributed by atoms with Gasteiger partial charge in [-0.05, 0) is 41.5 Å². The van der Waals surface area contributed by atoms with Crippen molar-refractivity contribution in [2.24, 2.45) is 0 Å². The summed E-state index contributed by atoms with van der Waals surface area (Å²) in [6.07, 6.45) is 1.59. The van der Waals surface area contributed by atoms with Gasteiger partial charge >= 0.3 is 0 Å². The summed E-state index contributed by atoms with van der Waals surface area (Å²) in [7, 11) is 0. The summed E-state index contributed by atoms with van der Waals surface area (Å²) < 4.78 is 5.73. The van der Waals surface area contributed by atoms with Gasteiger partial charge in [0.25, 0.3) is 0 Å². The van der Waals surface area contributed by atoms with Crippen LogP contribution < -0.4 is 4.74 Å². The standard InChI is InChI=1S/C18H18Cl2O2/c1-18(2,13-3-7-15(21)8-4-13)14-5-9-16(10-6-14)22-12-11-17(19)20/h3-11,21H,12H2,1-2H3. The van der Waals surface area contributed by atoms with E-state index in [1.165, 1.54) is 0 Å². The van der Waals surface area contributed by atoms with Gasteiger partial charge in [-0.2, -0.15) is 0 Å². The summed E-state index contributed by atoms with van der Waals surface area (Å²) in [5.41, 5.74) is 2.14. The molecule has 116 valence electrons. The topological polar surface area (TPSA) is 29.5 Å². The zero-order valence-corrected chi connectivity index (χ0v) is 14.0. The zero-order chi connectivity index (χ0) is 16.2. The first-order valence-electron chi connectivity index (χ1n) is 6.93. The second kappa shape index (κ2) is 7.08. The largest absolute Gasteiger partial charge is 0.508 e. The average molecular weight is 337 g/mol. The normalized spacial score (nSPS) is 11.1. The fourth-order valence-electron chi connectivity index (χ4n) is 2.21. The van der Waals surface area contributed by atoms with Crippen molar-refractivity contribution in [2.75, 3.05) is 6.61 Å². The second-order valence-corrected chi connectivity index (χ2v) is 6.51. The van der Waals surface area contributed by atoms with Crippen LogP contribution in [-0.2, 0) is 5.41 Å². The Morgan fingerprint density at radius 2 is 1.50 bits per heavy atom. The highest BCUT2D eigenvalue weighted by atomic mass is 35.5. The van der Waals surface area contributed by atoms with Crippen molar-refractivity contribution in [3.63, 3.8) is 0 Å². The van der Waals surface area contributed by atoms with Crippen LogP contribution in [0.3, 0.4) is 0 Å². The second-order valence-electron chi connectivity index (χ2n) is 5.50. The predicted octanol–water partition coefficient (Wildman–Crippen LogP) is 5.42. The fraction of sp³-hybridized carbons (Fsp3) is 0.222. The van der Waals surface area contributed by atoms with E-state index >= 15 is 0 Å². The number of ether oxygens (including phenoxy) is 1. The molecule has 0 aromatic heterocycles. The molecule has 0 amide bonds. The van der Waals surface area contributed by atoms with Crippen molar-refractivity contribution in [3.05, 3.63) is 70.2 Å². The Bertz CT molecular complexity index is 640. The molecule has 0 radical (unpaired) electrons. The number of hydrogen-bond donors (Lipinski definition) is 1. The summed E-state index contributed by atoms with van der Waals surface area (Å²) in [5.74, 6) is 1.03. The quantitative estimate of drug-likeness (QED) is 0.790. The van der Waals surface area contributed by atoms with Crippen molar-refractivity contribution >= 4 is 23.2 Å². The number of phenols is 1. The first-order chi connectivity index (χ1) is 10.4. The van der Waals surface area contributed by atoms with Crippen LogP contribution >= 0.6 is 23.2 Å². The lowest BCUT2D eigenvalue weighted by molar-refractivity contribution is 0.362. The highest BCUT2D eigenvalue weighted by Gasteiger charge is 2.22. The van der Waals surface area contributed by atoms with Gasteiger partial charge in [0.05, 0.1) is 0 Å². The van der Waals surface area contributed by atoms with Crippen LogP contribution in [0.15, 0.2) is 59.1 Å². The van der Waals surface area contributed by atoms with E-state index in [0.717, 1.165) is 16.9 Å². The van der Waals surface area contributed by atoms with Crippen LogP contribution in [0.25, 0.3) is 0 Å². The zero-order valence-electron chi connectivity index (χ0n) is 12.5. The lowest BCUT2D eigenvalue weighted by Crippen LogP contribution is -2.18. The fourth-order valence-corrected chi connectivity index (χ4v) is 2.34. The molecule has 0 spiro atoms. The van der Waals surface area contributed by atoms with Crippen LogP contribution in [0.4, 0.5) is 0 Å². The molecule has 0 aliphatic heterocycles. The molecule has 22 heavy (non-hydrogen) atoms. The maximum absolute atomic E-state index is 9.41. The van der Waals surface area contributed by atoms with E-state index in [4.69, 9.17) is 27.9 Å². The maximum Gasteiger partial charge on any atom is 0.119 e. The van der Waals surface area contributed by atoms with E-state index in [1.807, 2.05) is 36.4 Å². The van der Waals surface area contributed by atoms with E-state index in [2.05, 4.69) is 13.8 Å². The van der Waals surface area contributed by atoms with Gasteiger partial charge in [-0.15, -0.1) is 0 Å². The predicted molar refractivity (Wildman–Crippen MR) is 92.0 cm³/mol. The number of hydrogen-bond acceptors (Lipinski definition) is 2. The SMILES string of the molecule is CC(C)(c1ccc(O)cc1)c1ccc(OCC=C(Cl)Cl)cc1. The molecular formula is C18H18Cl2O2. The highest BCUT2D eigenvalue weighted by Crippen LogP contribution is 2.33. The molecule has 1 N–H and O–H groups in total. The van der Waals surface area contributed by atoms with Crippen LogP contribution in [0.2, 0.25) is 0 Å². The Labute approximate surface area is 141 Å². The molecule has 0 atom stereocenters. The number of phenolic OH excluding ortho intramolecular Hbond substituents is 1. The molecule has 2 nitrogen and oxygen atoms in total. The van der Waals surface area contributed by atoms with Gasteiger partial charge in [-0.1, -0.05) is 61.3 Å². The Morgan fingerprint density at radius 1 is 1.00 bits per heavy atom. The van der Waals surface area contributed by atoms with Gasteiger partial charge < -0.3 is 9.84 Å². The summed E-state index contributed by atoms with van der Waals surface area (Å²) in [5, 5.41) is 9.41. The Morgan fingerprint density at radius 3 is 2.00 bits per heavy atom. The monoisotopic (exact) mass is 336 g/mol. The minimum atomic E-state index is -0.161. The molecule has 0 saturated carbocycles. The number of benzene rings is 2. The molecule has 0 fully saturated rings. The molecule has 0 heterocycles. The smallest absolute Gasteiger partial charge is 0.119 e. The molecule has 0 aliphatic rings. The number of rotatable bonds is 5. The Hall–Kier alpha value is -1.64. The third-order valence-electron chi connectivity index (χ3n) is 3.65. The summed E-state index contributed by atoms with van der Waals surface area (Å²) in [4.78, 5) is 0. The number of halogens is 2. The van der Waals surface area contributed by atoms with Gasteiger partial charge in [0.1, 0.15) is 22.6 Å². The van der Waals surface area contributed by atoms with Crippen molar-refractivity contribution < 1.29 is 9.84 Å². The molecule has 0 bridgehead atoms. The van der Waals surface area contributed by atoms with Gasteiger partial charge in [0, 0.05) is 5.41 Å². The maximum atomic E-state index is 9.41. The lowest BCUT2D eigenvalue weighted by atomic mass is 9.78. The van der Waals surface area contributed by atoms with E-state index < -0.39 is 0 Å². The molecule has 0 saturated heterocycles. The highest BCUT2D eigenvalue weighted by molar-refractivity contribution is 6.55. The third-order valence-corrected chi connectivity index (χ3v) is 3.96. The molecule has 2 aromatic carbocycles. The Kier molecular flexibility index (Phi) is 5.38. The van der Waals surface area contributed by atoms with Gasteiger partial charge in [0.15, 0.2) is 0 Å². The van der Waals surface area contributed by atoms with Crippen LogP contribution in [-0.4, -0.2) is 11.7 Å². The molecule has 0 unspecified atom stereocenters.